The number of benzene rings is 3. The predicted molar refractivity (Wildman–Crippen MR) is 163 cm³/mol. The van der Waals surface area contributed by atoms with Gasteiger partial charge in [0.25, 0.3) is 10.0 Å². The van der Waals surface area contributed by atoms with Crippen LogP contribution in [0.3, 0.4) is 0 Å². The van der Waals surface area contributed by atoms with Gasteiger partial charge in [0.15, 0.2) is 0 Å². The summed E-state index contributed by atoms with van der Waals surface area (Å²) in [6.45, 7) is 7.00. The van der Waals surface area contributed by atoms with E-state index in [1.54, 1.807) is 67.6 Å². The van der Waals surface area contributed by atoms with Crippen LogP contribution in [-0.2, 0) is 26.2 Å². The van der Waals surface area contributed by atoms with Gasteiger partial charge in [0.1, 0.15) is 12.6 Å². The molecular formula is C32H38ClN3O4S. The van der Waals surface area contributed by atoms with Crippen LogP contribution in [-0.4, -0.2) is 43.8 Å². The van der Waals surface area contributed by atoms with Gasteiger partial charge in [-0.1, -0.05) is 60.3 Å². The number of carbonyl (C=O) groups is 2. The fraction of sp³-hybridized carbons (Fsp3) is 0.375. The van der Waals surface area contributed by atoms with Crippen molar-refractivity contribution < 1.29 is 18.0 Å². The Morgan fingerprint density at radius 1 is 0.902 bits per heavy atom. The van der Waals surface area contributed by atoms with Gasteiger partial charge in [-0.3, -0.25) is 13.9 Å². The average Bonchev–Trinajstić information content (AvgIpc) is 3.43. The molecule has 1 aliphatic rings. The van der Waals surface area contributed by atoms with Crippen LogP contribution in [0.2, 0.25) is 5.02 Å². The highest BCUT2D eigenvalue weighted by Gasteiger charge is 2.33. The average molecular weight is 596 g/mol. The number of rotatable bonds is 10. The molecule has 0 bridgehead atoms. The second-order valence-electron chi connectivity index (χ2n) is 11.0. The molecule has 0 radical (unpaired) electrons. The number of nitrogens with zero attached hydrogens (tertiary/aromatic N) is 2. The predicted octanol–water partition coefficient (Wildman–Crippen LogP) is 5.94. The SMILES string of the molecule is Cc1ccc(S(=O)(=O)N(CC(=O)N(Cc2ccc(Cl)cc2)[C@@H](C)C(=O)NC2CCCC2)c2cc(C)cc(C)c2)cc1. The number of nitrogens with one attached hydrogen (secondary N) is 1. The Hall–Kier alpha value is -3.36. The molecule has 1 atom stereocenters. The monoisotopic (exact) mass is 595 g/mol. The van der Waals surface area contributed by atoms with Gasteiger partial charge in [-0.05, 0) is 93.6 Å². The summed E-state index contributed by atoms with van der Waals surface area (Å²) >= 11 is 6.08. The van der Waals surface area contributed by atoms with Gasteiger partial charge in [0, 0.05) is 17.6 Å². The normalized spacial score (nSPS) is 14.5. The molecular weight excluding hydrogens is 558 g/mol. The molecule has 1 N–H and O–H groups in total. The lowest BCUT2D eigenvalue weighted by Gasteiger charge is -2.32. The van der Waals surface area contributed by atoms with E-state index in [9.17, 15) is 18.0 Å². The van der Waals surface area contributed by atoms with Gasteiger partial charge in [0.2, 0.25) is 11.8 Å². The van der Waals surface area contributed by atoms with Crippen molar-refractivity contribution in [3.8, 4) is 0 Å². The lowest BCUT2D eigenvalue weighted by molar-refractivity contribution is -0.139. The van der Waals surface area contributed by atoms with Gasteiger partial charge in [-0.15, -0.1) is 0 Å². The second kappa shape index (κ2) is 13.1. The molecule has 41 heavy (non-hydrogen) atoms. The Labute approximate surface area is 248 Å². The Morgan fingerprint density at radius 2 is 1.49 bits per heavy atom. The summed E-state index contributed by atoms with van der Waals surface area (Å²) in [5.74, 6) is -0.734. The zero-order chi connectivity index (χ0) is 29.7. The standard InChI is InChI=1S/C32H38ClN3O4S/c1-22-9-15-30(16-10-22)41(39,40)36(29-18-23(2)17-24(3)19-29)21-31(37)35(20-26-11-13-27(33)14-12-26)25(4)32(38)34-28-7-5-6-8-28/h9-19,25,28H,5-8,20-21H2,1-4H3,(H,34,38)/t25-/m0/s1. The van der Waals surface area contributed by atoms with Gasteiger partial charge >= 0.3 is 0 Å². The minimum atomic E-state index is -4.11. The van der Waals surface area contributed by atoms with Crippen LogP contribution in [0.15, 0.2) is 71.6 Å². The molecule has 2 amide bonds. The molecule has 0 spiro atoms. The number of anilines is 1. The molecule has 3 aromatic carbocycles. The number of sulfonamides is 1. The molecule has 3 aromatic rings. The van der Waals surface area contributed by atoms with E-state index in [1.807, 2.05) is 26.8 Å². The van der Waals surface area contributed by atoms with E-state index >= 15 is 0 Å². The maximum absolute atomic E-state index is 14.1. The molecule has 1 aliphatic carbocycles. The van der Waals surface area contributed by atoms with Crippen LogP contribution < -0.4 is 9.62 Å². The number of amides is 2. The van der Waals surface area contributed by atoms with E-state index in [1.165, 1.54) is 4.90 Å². The van der Waals surface area contributed by atoms with Gasteiger partial charge in [-0.25, -0.2) is 8.42 Å². The highest BCUT2D eigenvalue weighted by Crippen LogP contribution is 2.27. The van der Waals surface area contributed by atoms with Crippen LogP contribution in [0.1, 0.15) is 54.9 Å². The lowest BCUT2D eigenvalue weighted by atomic mass is 10.1. The van der Waals surface area contributed by atoms with Crippen molar-refractivity contribution >= 4 is 39.1 Å². The number of aryl methyl sites for hydroxylation is 3. The number of carbonyl (C=O) groups excluding carboxylic acids is 2. The Balaban J connectivity index is 1.70. The van der Waals surface area contributed by atoms with Crippen LogP contribution in [0.4, 0.5) is 5.69 Å². The molecule has 7 nitrogen and oxygen atoms in total. The summed E-state index contributed by atoms with van der Waals surface area (Å²) in [7, 11) is -4.11. The van der Waals surface area contributed by atoms with E-state index in [-0.39, 0.29) is 23.4 Å². The fourth-order valence-corrected chi connectivity index (χ4v) is 6.75. The molecule has 0 unspecified atom stereocenters. The molecule has 0 aromatic heterocycles. The smallest absolute Gasteiger partial charge is 0.264 e. The largest absolute Gasteiger partial charge is 0.352 e. The van der Waals surface area contributed by atoms with Crippen molar-refractivity contribution in [2.45, 2.75) is 76.9 Å². The number of hydrogen-bond acceptors (Lipinski definition) is 4. The third kappa shape index (κ3) is 7.68. The fourth-order valence-electron chi connectivity index (χ4n) is 5.22. The first kappa shape index (κ1) is 30.6. The van der Waals surface area contributed by atoms with Crippen molar-refractivity contribution in [3.63, 3.8) is 0 Å². The van der Waals surface area contributed by atoms with E-state index in [0.29, 0.717) is 10.7 Å². The highest BCUT2D eigenvalue weighted by atomic mass is 35.5. The maximum atomic E-state index is 14.1. The summed E-state index contributed by atoms with van der Waals surface area (Å²) in [6.07, 6.45) is 3.96. The molecule has 1 fully saturated rings. The van der Waals surface area contributed by atoms with Gasteiger partial charge in [-0.2, -0.15) is 0 Å². The maximum Gasteiger partial charge on any atom is 0.264 e. The van der Waals surface area contributed by atoms with E-state index in [4.69, 9.17) is 11.6 Å². The third-order valence-corrected chi connectivity index (χ3v) is 9.56. The van der Waals surface area contributed by atoms with Gasteiger partial charge in [0.05, 0.1) is 10.6 Å². The van der Waals surface area contributed by atoms with Crippen LogP contribution >= 0.6 is 11.6 Å². The first-order valence-corrected chi connectivity index (χ1v) is 15.8. The topological polar surface area (TPSA) is 86.8 Å². The van der Waals surface area contributed by atoms with Crippen LogP contribution in [0, 0.1) is 20.8 Å². The second-order valence-corrected chi connectivity index (χ2v) is 13.3. The molecule has 1 saturated carbocycles. The van der Waals surface area contributed by atoms with E-state index < -0.39 is 28.5 Å². The van der Waals surface area contributed by atoms with Gasteiger partial charge < -0.3 is 10.2 Å². The Morgan fingerprint density at radius 3 is 2.07 bits per heavy atom. The van der Waals surface area contributed by atoms with Crippen molar-refractivity contribution in [1.82, 2.24) is 10.2 Å². The minimum absolute atomic E-state index is 0.0890. The number of halogens is 1. The van der Waals surface area contributed by atoms with E-state index in [2.05, 4.69) is 5.32 Å². The lowest BCUT2D eigenvalue weighted by Crippen LogP contribution is -2.52. The molecule has 9 heteroatoms. The molecule has 4 rings (SSSR count). The number of hydrogen-bond donors (Lipinski definition) is 1. The third-order valence-electron chi connectivity index (χ3n) is 7.52. The quantitative estimate of drug-likeness (QED) is 0.314. The zero-order valence-electron chi connectivity index (χ0n) is 24.1. The first-order chi connectivity index (χ1) is 19.4. The summed E-state index contributed by atoms with van der Waals surface area (Å²) in [6, 6.07) is 18.4. The minimum Gasteiger partial charge on any atom is -0.352 e. The molecule has 0 aliphatic heterocycles. The van der Waals surface area contributed by atoms with Crippen molar-refractivity contribution in [3.05, 3.63) is 94.0 Å². The zero-order valence-corrected chi connectivity index (χ0v) is 25.6. The van der Waals surface area contributed by atoms with E-state index in [0.717, 1.165) is 52.2 Å². The van der Waals surface area contributed by atoms with Crippen molar-refractivity contribution in [1.29, 1.82) is 0 Å². The van der Waals surface area contributed by atoms with Crippen molar-refractivity contribution in [2.75, 3.05) is 10.8 Å². The van der Waals surface area contributed by atoms with Crippen molar-refractivity contribution in [2.24, 2.45) is 0 Å². The first-order valence-electron chi connectivity index (χ1n) is 14.0. The summed E-state index contributed by atoms with van der Waals surface area (Å²) < 4.78 is 29.2. The summed E-state index contributed by atoms with van der Waals surface area (Å²) in [5, 5.41) is 3.64. The Kier molecular flexibility index (Phi) is 9.76. The molecule has 0 heterocycles. The Bertz CT molecular complexity index is 1460. The summed E-state index contributed by atoms with van der Waals surface area (Å²) in [5.41, 5.74) is 3.85. The van der Waals surface area contributed by atoms with Crippen LogP contribution in [0.5, 0.6) is 0 Å². The summed E-state index contributed by atoms with van der Waals surface area (Å²) in [4.78, 5) is 29.0. The molecule has 0 saturated heterocycles. The highest BCUT2D eigenvalue weighted by molar-refractivity contribution is 7.92. The van der Waals surface area contributed by atoms with Crippen LogP contribution in [0.25, 0.3) is 0 Å². The molecule has 218 valence electrons.